The molecule has 0 amide bonds. The topological polar surface area (TPSA) is 92.6 Å². The van der Waals surface area contributed by atoms with Crippen molar-refractivity contribution in [2.75, 3.05) is 19.6 Å². The Hall–Kier alpha value is -1.22. The number of nitrogens with zero attached hydrogens (tertiary/aromatic N) is 2. The van der Waals surface area contributed by atoms with Crippen molar-refractivity contribution < 1.29 is 13.3 Å². The van der Waals surface area contributed by atoms with Gasteiger partial charge in [-0.1, -0.05) is 0 Å². The van der Waals surface area contributed by atoms with Crippen LogP contribution in [0, 0.1) is 10.1 Å². The van der Waals surface area contributed by atoms with Gasteiger partial charge in [-0.25, -0.2) is 8.42 Å². The van der Waals surface area contributed by atoms with E-state index in [0.29, 0.717) is 19.6 Å². The van der Waals surface area contributed by atoms with E-state index < -0.39 is 14.9 Å². The van der Waals surface area contributed by atoms with Crippen molar-refractivity contribution >= 4 is 28.1 Å². The zero-order valence-corrected chi connectivity index (χ0v) is 12.5. The maximum absolute atomic E-state index is 12.4. The lowest BCUT2D eigenvalue weighted by Crippen LogP contribution is -2.52. The number of nitrogens with one attached hydrogen (secondary N) is 1. The third kappa shape index (κ3) is 3.26. The molecule has 1 aromatic carbocycles. The average Bonchev–Trinajstić information content (AvgIpc) is 2.39. The summed E-state index contributed by atoms with van der Waals surface area (Å²) in [5.41, 5.74) is -0.118. The second-order valence-electron chi connectivity index (χ2n) is 4.42. The van der Waals surface area contributed by atoms with Crippen LogP contribution in [0.15, 0.2) is 29.2 Å². The van der Waals surface area contributed by atoms with Gasteiger partial charge in [0.05, 0.1) is 9.82 Å². The Morgan fingerprint density at radius 3 is 2.45 bits per heavy atom. The van der Waals surface area contributed by atoms with Gasteiger partial charge in [0.25, 0.3) is 5.69 Å². The minimum atomic E-state index is -3.58. The first kappa shape index (κ1) is 16.8. The minimum Gasteiger partial charge on any atom is -0.314 e. The molecule has 1 N–H and O–H groups in total. The monoisotopic (exact) mass is 321 g/mol. The highest BCUT2D eigenvalue weighted by atomic mass is 35.5. The summed E-state index contributed by atoms with van der Waals surface area (Å²) in [6.07, 6.45) is 0. The molecule has 1 heterocycles. The van der Waals surface area contributed by atoms with Crippen LogP contribution in [0.3, 0.4) is 0 Å². The van der Waals surface area contributed by atoms with Gasteiger partial charge in [0.15, 0.2) is 0 Å². The lowest BCUT2D eigenvalue weighted by molar-refractivity contribution is -0.384. The van der Waals surface area contributed by atoms with E-state index in [1.54, 1.807) is 0 Å². The van der Waals surface area contributed by atoms with E-state index in [9.17, 15) is 18.5 Å². The van der Waals surface area contributed by atoms with E-state index in [0.717, 1.165) is 0 Å². The lowest BCUT2D eigenvalue weighted by atomic mass is 10.3. The quantitative estimate of drug-likeness (QED) is 0.662. The number of non-ortho nitro benzene ring substituents is 1. The second kappa shape index (κ2) is 6.49. The van der Waals surface area contributed by atoms with Crippen LogP contribution in [0.25, 0.3) is 0 Å². The standard InChI is InChI=1S/C11H15N3O4S.ClH/c1-9-8-12-6-7-13(9)19(17,18)11-4-2-10(3-5-11)14(15)16;/h2-5,9,12H,6-8H2,1H3;1H. The van der Waals surface area contributed by atoms with Gasteiger partial charge >= 0.3 is 0 Å². The van der Waals surface area contributed by atoms with E-state index in [4.69, 9.17) is 0 Å². The van der Waals surface area contributed by atoms with E-state index in [2.05, 4.69) is 5.32 Å². The van der Waals surface area contributed by atoms with Crippen LogP contribution in [0.2, 0.25) is 0 Å². The molecule has 0 aromatic heterocycles. The van der Waals surface area contributed by atoms with Gasteiger partial charge in [-0.2, -0.15) is 4.31 Å². The van der Waals surface area contributed by atoms with Crippen molar-refractivity contribution in [2.24, 2.45) is 0 Å². The van der Waals surface area contributed by atoms with E-state index in [-0.39, 0.29) is 29.0 Å². The summed E-state index contributed by atoms with van der Waals surface area (Å²) in [4.78, 5) is 10.1. The molecule has 0 radical (unpaired) electrons. The largest absolute Gasteiger partial charge is 0.314 e. The molecule has 0 saturated carbocycles. The first-order valence-corrected chi connectivity index (χ1v) is 7.34. The van der Waals surface area contributed by atoms with Gasteiger partial charge in [-0.05, 0) is 19.1 Å². The fourth-order valence-electron chi connectivity index (χ4n) is 2.05. The first-order valence-electron chi connectivity index (χ1n) is 5.90. The molecule has 1 aliphatic heterocycles. The first-order chi connectivity index (χ1) is 8.93. The molecule has 1 aromatic rings. The Kier molecular flexibility index (Phi) is 5.46. The summed E-state index contributed by atoms with van der Waals surface area (Å²) in [6.45, 7) is 3.44. The molecular formula is C11H16ClN3O4S. The number of nitro benzene ring substituents is 1. The van der Waals surface area contributed by atoms with Crippen molar-refractivity contribution in [1.82, 2.24) is 9.62 Å². The number of benzene rings is 1. The van der Waals surface area contributed by atoms with Crippen LogP contribution in [0.5, 0.6) is 0 Å². The smallest absolute Gasteiger partial charge is 0.269 e. The van der Waals surface area contributed by atoms with Crippen molar-refractivity contribution in [3.8, 4) is 0 Å². The molecular weight excluding hydrogens is 306 g/mol. The molecule has 20 heavy (non-hydrogen) atoms. The Bertz CT molecular complexity index is 576. The Labute approximate surface area is 123 Å². The third-order valence-electron chi connectivity index (χ3n) is 3.09. The maximum atomic E-state index is 12.4. The molecule has 0 bridgehead atoms. The second-order valence-corrected chi connectivity index (χ2v) is 6.31. The number of hydrogen-bond acceptors (Lipinski definition) is 5. The Balaban J connectivity index is 0.00000200. The van der Waals surface area contributed by atoms with E-state index >= 15 is 0 Å². The van der Waals surface area contributed by atoms with E-state index in [1.165, 1.54) is 28.6 Å². The van der Waals surface area contributed by atoms with Crippen molar-refractivity contribution in [2.45, 2.75) is 17.9 Å². The van der Waals surface area contributed by atoms with Gasteiger partial charge < -0.3 is 5.32 Å². The van der Waals surface area contributed by atoms with Crippen LogP contribution in [-0.2, 0) is 10.0 Å². The molecule has 7 nitrogen and oxygen atoms in total. The van der Waals surface area contributed by atoms with Crippen LogP contribution < -0.4 is 5.32 Å². The summed E-state index contributed by atoms with van der Waals surface area (Å²) in [5, 5.41) is 13.7. The zero-order valence-electron chi connectivity index (χ0n) is 10.9. The van der Waals surface area contributed by atoms with Crippen molar-refractivity contribution in [3.63, 3.8) is 0 Å². The fourth-order valence-corrected chi connectivity index (χ4v) is 3.69. The highest BCUT2D eigenvalue weighted by Gasteiger charge is 2.30. The van der Waals surface area contributed by atoms with Gasteiger partial charge in [-0.15, -0.1) is 12.4 Å². The SMILES string of the molecule is CC1CNCCN1S(=O)(=O)c1ccc([N+](=O)[O-])cc1.Cl. The number of sulfonamides is 1. The highest BCUT2D eigenvalue weighted by Crippen LogP contribution is 2.21. The molecule has 1 saturated heterocycles. The molecule has 1 atom stereocenters. The maximum Gasteiger partial charge on any atom is 0.269 e. The molecule has 2 rings (SSSR count). The number of piperazine rings is 1. The summed E-state index contributed by atoms with van der Waals surface area (Å²) in [6, 6.07) is 4.85. The fraction of sp³-hybridized carbons (Fsp3) is 0.455. The number of nitro groups is 1. The van der Waals surface area contributed by atoms with Crippen LogP contribution in [0.4, 0.5) is 5.69 Å². The van der Waals surface area contributed by atoms with Crippen LogP contribution in [-0.4, -0.2) is 43.3 Å². The molecule has 1 unspecified atom stereocenters. The van der Waals surface area contributed by atoms with Crippen LogP contribution in [0.1, 0.15) is 6.92 Å². The molecule has 0 aliphatic carbocycles. The molecule has 1 fully saturated rings. The van der Waals surface area contributed by atoms with Gasteiger partial charge in [0, 0.05) is 37.8 Å². The average molecular weight is 322 g/mol. The predicted octanol–water partition coefficient (Wildman–Crippen LogP) is 0.999. The number of hydrogen-bond donors (Lipinski definition) is 1. The van der Waals surface area contributed by atoms with Gasteiger partial charge in [0.2, 0.25) is 10.0 Å². The molecule has 1 aliphatic rings. The summed E-state index contributed by atoms with van der Waals surface area (Å²) >= 11 is 0. The van der Waals surface area contributed by atoms with Gasteiger partial charge in [-0.3, -0.25) is 10.1 Å². The normalized spacial score (nSPS) is 20.1. The summed E-state index contributed by atoms with van der Waals surface area (Å²) in [5.74, 6) is 0. The van der Waals surface area contributed by atoms with Gasteiger partial charge in [0.1, 0.15) is 0 Å². The number of rotatable bonds is 3. The molecule has 112 valence electrons. The van der Waals surface area contributed by atoms with Crippen molar-refractivity contribution in [1.29, 1.82) is 0 Å². The molecule has 9 heteroatoms. The van der Waals surface area contributed by atoms with Crippen molar-refractivity contribution in [3.05, 3.63) is 34.4 Å². The number of halogens is 1. The Morgan fingerprint density at radius 1 is 1.35 bits per heavy atom. The third-order valence-corrected chi connectivity index (χ3v) is 5.12. The lowest BCUT2D eigenvalue weighted by Gasteiger charge is -2.32. The highest BCUT2D eigenvalue weighted by molar-refractivity contribution is 7.89. The summed E-state index contributed by atoms with van der Waals surface area (Å²) < 4.78 is 26.2. The minimum absolute atomic E-state index is 0. The predicted molar refractivity (Wildman–Crippen MR) is 76.6 cm³/mol. The zero-order chi connectivity index (χ0) is 14.0. The van der Waals surface area contributed by atoms with Crippen LogP contribution >= 0.6 is 12.4 Å². The summed E-state index contributed by atoms with van der Waals surface area (Å²) in [7, 11) is -3.58. The molecule has 0 spiro atoms. The Morgan fingerprint density at radius 2 is 1.95 bits per heavy atom. The van der Waals surface area contributed by atoms with E-state index in [1.807, 2.05) is 6.92 Å².